The van der Waals surface area contributed by atoms with Gasteiger partial charge in [0.2, 0.25) is 0 Å². The monoisotopic (exact) mass is 384 g/mol. The Kier molecular flexibility index (Phi) is 4.76. The normalized spacial score (nSPS) is 15.0. The third kappa shape index (κ3) is 3.51. The Morgan fingerprint density at radius 3 is 2.59 bits per heavy atom. The molecule has 4 aromatic rings. The van der Waals surface area contributed by atoms with Gasteiger partial charge >= 0.3 is 5.97 Å². The van der Waals surface area contributed by atoms with Crippen molar-refractivity contribution in [3.63, 3.8) is 0 Å². The fourth-order valence-electron chi connectivity index (χ4n) is 4.53. The second kappa shape index (κ2) is 7.70. The standard InChI is InChI=1S/C25H24N2O2/c28-25(29-24-15-26-14-19-10-4-5-11-20(19)24)22-17-27(16-18-8-2-1-3-9-18)23-13-7-6-12-21(22)23/h4-7,10-15,17-18H,1-3,8-9,16H2. The number of para-hydroxylation sites is 1. The van der Waals surface area contributed by atoms with Crippen molar-refractivity contribution in [2.75, 3.05) is 0 Å². The van der Waals surface area contributed by atoms with E-state index in [0.717, 1.165) is 28.2 Å². The highest BCUT2D eigenvalue weighted by Crippen LogP contribution is 2.30. The molecule has 0 bridgehead atoms. The molecule has 29 heavy (non-hydrogen) atoms. The molecular weight excluding hydrogens is 360 g/mol. The molecule has 1 aliphatic carbocycles. The quantitative estimate of drug-likeness (QED) is 0.406. The molecule has 0 amide bonds. The zero-order valence-electron chi connectivity index (χ0n) is 16.4. The van der Waals surface area contributed by atoms with Gasteiger partial charge in [-0.05, 0) is 24.8 Å². The molecule has 5 rings (SSSR count). The SMILES string of the molecule is O=C(Oc1cncc2ccccc12)c1cn(CC2CCCCC2)c2ccccc12. The lowest BCUT2D eigenvalue weighted by molar-refractivity contribution is 0.0738. The number of fused-ring (bicyclic) bond motifs is 2. The highest BCUT2D eigenvalue weighted by Gasteiger charge is 2.20. The van der Waals surface area contributed by atoms with Gasteiger partial charge in [0.05, 0.1) is 11.8 Å². The van der Waals surface area contributed by atoms with Crippen molar-refractivity contribution in [1.29, 1.82) is 0 Å². The van der Waals surface area contributed by atoms with Crippen LogP contribution in [0.1, 0.15) is 42.5 Å². The van der Waals surface area contributed by atoms with Crippen LogP contribution in [0.2, 0.25) is 0 Å². The van der Waals surface area contributed by atoms with E-state index in [1.54, 1.807) is 12.4 Å². The number of nitrogens with zero attached hydrogens (tertiary/aromatic N) is 2. The number of aromatic nitrogens is 2. The van der Waals surface area contributed by atoms with Gasteiger partial charge < -0.3 is 9.30 Å². The van der Waals surface area contributed by atoms with Crippen molar-refractivity contribution in [3.8, 4) is 5.75 Å². The van der Waals surface area contributed by atoms with E-state index in [9.17, 15) is 4.79 Å². The predicted molar refractivity (Wildman–Crippen MR) is 115 cm³/mol. The average Bonchev–Trinajstić information content (AvgIpc) is 3.13. The fourth-order valence-corrected chi connectivity index (χ4v) is 4.53. The Bertz CT molecular complexity index is 1170. The summed E-state index contributed by atoms with van der Waals surface area (Å²) in [6.07, 6.45) is 11.9. The first-order valence-corrected chi connectivity index (χ1v) is 10.4. The van der Waals surface area contributed by atoms with Crippen LogP contribution in [-0.4, -0.2) is 15.5 Å². The number of pyridine rings is 1. The molecule has 1 saturated carbocycles. The van der Waals surface area contributed by atoms with Crippen LogP contribution >= 0.6 is 0 Å². The minimum Gasteiger partial charge on any atom is -0.421 e. The lowest BCUT2D eigenvalue weighted by Gasteiger charge is -2.22. The summed E-state index contributed by atoms with van der Waals surface area (Å²) in [5, 5.41) is 2.79. The Balaban J connectivity index is 1.48. The Morgan fingerprint density at radius 2 is 1.72 bits per heavy atom. The van der Waals surface area contributed by atoms with Gasteiger partial charge in [0.25, 0.3) is 0 Å². The summed E-state index contributed by atoms with van der Waals surface area (Å²) in [4.78, 5) is 17.3. The topological polar surface area (TPSA) is 44.1 Å². The summed E-state index contributed by atoms with van der Waals surface area (Å²) in [6, 6.07) is 15.9. The van der Waals surface area contributed by atoms with Gasteiger partial charge in [-0.1, -0.05) is 61.7 Å². The van der Waals surface area contributed by atoms with E-state index < -0.39 is 0 Å². The number of ether oxygens (including phenoxy) is 1. The summed E-state index contributed by atoms with van der Waals surface area (Å²) < 4.78 is 8.05. The number of carbonyl (C=O) groups is 1. The van der Waals surface area contributed by atoms with Crippen molar-refractivity contribution in [3.05, 3.63) is 72.7 Å². The maximum atomic E-state index is 13.1. The van der Waals surface area contributed by atoms with Crippen molar-refractivity contribution >= 4 is 27.6 Å². The van der Waals surface area contributed by atoms with E-state index in [-0.39, 0.29) is 5.97 Å². The van der Waals surface area contributed by atoms with Gasteiger partial charge in [0, 0.05) is 40.6 Å². The highest BCUT2D eigenvalue weighted by atomic mass is 16.5. The lowest BCUT2D eigenvalue weighted by Crippen LogP contribution is -2.13. The van der Waals surface area contributed by atoms with E-state index in [2.05, 4.69) is 15.6 Å². The summed E-state index contributed by atoms with van der Waals surface area (Å²) in [7, 11) is 0. The molecule has 0 atom stereocenters. The zero-order valence-corrected chi connectivity index (χ0v) is 16.4. The highest BCUT2D eigenvalue weighted by molar-refractivity contribution is 6.06. The lowest BCUT2D eigenvalue weighted by atomic mass is 9.89. The molecule has 146 valence electrons. The molecule has 2 aromatic heterocycles. The van der Waals surface area contributed by atoms with Gasteiger partial charge in [0.1, 0.15) is 0 Å². The molecule has 4 heteroatoms. The molecular formula is C25H24N2O2. The minimum atomic E-state index is -0.332. The maximum Gasteiger partial charge on any atom is 0.345 e. The Morgan fingerprint density at radius 1 is 0.966 bits per heavy atom. The molecule has 0 unspecified atom stereocenters. The van der Waals surface area contributed by atoms with Crippen LogP contribution in [0.3, 0.4) is 0 Å². The molecule has 4 nitrogen and oxygen atoms in total. The molecule has 0 aliphatic heterocycles. The number of esters is 1. The smallest absolute Gasteiger partial charge is 0.345 e. The van der Waals surface area contributed by atoms with Crippen LogP contribution in [0.5, 0.6) is 5.75 Å². The zero-order chi connectivity index (χ0) is 19.6. The Labute approximate surface area is 170 Å². The molecule has 0 saturated heterocycles. The molecule has 0 spiro atoms. The first kappa shape index (κ1) is 17.9. The summed E-state index contributed by atoms with van der Waals surface area (Å²) in [5.74, 6) is 0.852. The van der Waals surface area contributed by atoms with Gasteiger partial charge in [-0.2, -0.15) is 0 Å². The van der Waals surface area contributed by atoms with Crippen molar-refractivity contribution < 1.29 is 9.53 Å². The summed E-state index contributed by atoms with van der Waals surface area (Å²) >= 11 is 0. The van der Waals surface area contributed by atoms with E-state index >= 15 is 0 Å². The van der Waals surface area contributed by atoms with Crippen LogP contribution in [-0.2, 0) is 6.54 Å². The largest absolute Gasteiger partial charge is 0.421 e. The molecule has 0 N–H and O–H groups in total. The molecule has 1 fully saturated rings. The van der Waals surface area contributed by atoms with Crippen LogP contribution in [0.25, 0.3) is 21.7 Å². The predicted octanol–water partition coefficient (Wildman–Crippen LogP) is 5.99. The number of hydrogen-bond acceptors (Lipinski definition) is 3. The number of rotatable bonds is 4. The molecule has 2 heterocycles. The number of benzene rings is 2. The van der Waals surface area contributed by atoms with Gasteiger partial charge in [-0.3, -0.25) is 4.98 Å². The third-order valence-electron chi connectivity index (χ3n) is 6.02. The number of hydrogen-bond donors (Lipinski definition) is 0. The fraction of sp³-hybridized carbons (Fsp3) is 0.280. The van der Waals surface area contributed by atoms with Crippen LogP contribution < -0.4 is 4.74 Å². The number of carbonyl (C=O) groups excluding carboxylic acids is 1. The van der Waals surface area contributed by atoms with Crippen molar-refractivity contribution in [2.24, 2.45) is 5.92 Å². The third-order valence-corrected chi connectivity index (χ3v) is 6.02. The van der Waals surface area contributed by atoms with Crippen molar-refractivity contribution in [1.82, 2.24) is 9.55 Å². The molecule has 2 aromatic carbocycles. The Hall–Kier alpha value is -3.14. The van der Waals surface area contributed by atoms with E-state index in [0.29, 0.717) is 17.2 Å². The van der Waals surface area contributed by atoms with E-state index in [1.165, 1.54) is 32.1 Å². The van der Waals surface area contributed by atoms with Gasteiger partial charge in [0.15, 0.2) is 5.75 Å². The second-order valence-corrected chi connectivity index (χ2v) is 7.96. The summed E-state index contributed by atoms with van der Waals surface area (Å²) in [5.41, 5.74) is 1.71. The average molecular weight is 384 g/mol. The summed E-state index contributed by atoms with van der Waals surface area (Å²) in [6.45, 7) is 0.962. The van der Waals surface area contributed by atoms with Gasteiger partial charge in [-0.15, -0.1) is 0 Å². The second-order valence-electron chi connectivity index (χ2n) is 7.96. The van der Waals surface area contributed by atoms with Crippen LogP contribution in [0.4, 0.5) is 0 Å². The van der Waals surface area contributed by atoms with Crippen molar-refractivity contribution in [2.45, 2.75) is 38.6 Å². The van der Waals surface area contributed by atoms with Crippen LogP contribution in [0.15, 0.2) is 67.1 Å². The minimum absolute atomic E-state index is 0.332. The van der Waals surface area contributed by atoms with Crippen LogP contribution in [0, 0.1) is 5.92 Å². The van der Waals surface area contributed by atoms with E-state index in [1.807, 2.05) is 48.7 Å². The first-order valence-electron chi connectivity index (χ1n) is 10.4. The molecule has 0 radical (unpaired) electrons. The molecule has 1 aliphatic rings. The maximum absolute atomic E-state index is 13.1. The van der Waals surface area contributed by atoms with E-state index in [4.69, 9.17) is 4.74 Å². The first-order chi connectivity index (χ1) is 14.3. The van der Waals surface area contributed by atoms with Gasteiger partial charge in [-0.25, -0.2) is 4.79 Å².